The molecule has 0 amide bonds. The summed E-state index contributed by atoms with van der Waals surface area (Å²) in [5, 5.41) is 15.8. The second kappa shape index (κ2) is 11.6. The van der Waals surface area contributed by atoms with Crippen LogP contribution in [-0.4, -0.2) is 0 Å². The van der Waals surface area contributed by atoms with Crippen LogP contribution in [0.5, 0.6) is 0 Å². The van der Waals surface area contributed by atoms with Crippen LogP contribution in [0.25, 0.3) is 117 Å². The maximum Gasteiger partial charge on any atom is 0.0455 e. The predicted molar refractivity (Wildman–Crippen MR) is 239 cm³/mol. The number of thiophene rings is 2. The number of rotatable bonds is 3. The van der Waals surface area contributed by atoms with Crippen LogP contribution >= 0.6 is 22.7 Å². The van der Waals surface area contributed by atoms with Crippen molar-refractivity contribution < 1.29 is 0 Å². The highest BCUT2D eigenvalue weighted by molar-refractivity contribution is 7.30. The Morgan fingerprint density at radius 1 is 0.259 bits per heavy atom. The van der Waals surface area contributed by atoms with E-state index in [0.29, 0.717) is 0 Å². The second-order valence-corrected chi connectivity index (χ2v) is 16.5. The first kappa shape index (κ1) is 30.2. The number of hydrogen-bond acceptors (Lipinski definition) is 2. The summed E-state index contributed by atoms with van der Waals surface area (Å²) in [6.07, 6.45) is 0. The maximum atomic E-state index is 2.41. The molecule has 0 atom stereocenters. The molecule has 0 N–H and O–H groups in total. The first-order chi connectivity index (χ1) is 26.8. The summed E-state index contributed by atoms with van der Waals surface area (Å²) >= 11 is 3.87. The fraction of sp³-hybridized carbons (Fsp3) is 0. The molecule has 250 valence electrons. The van der Waals surface area contributed by atoms with Gasteiger partial charge in [0.25, 0.3) is 0 Å². The van der Waals surface area contributed by atoms with Gasteiger partial charge in [-0.25, -0.2) is 0 Å². The lowest BCUT2D eigenvalue weighted by Crippen LogP contribution is -1.90. The van der Waals surface area contributed by atoms with Crippen LogP contribution in [0.15, 0.2) is 182 Å². The fourth-order valence-electron chi connectivity index (χ4n) is 9.02. The lowest BCUT2D eigenvalue weighted by atomic mass is 9.85. The highest BCUT2D eigenvalue weighted by atomic mass is 32.1. The molecule has 0 saturated carbocycles. The van der Waals surface area contributed by atoms with Crippen LogP contribution in [0.1, 0.15) is 0 Å². The number of hydrogen-bond donors (Lipinski definition) is 0. The Bertz CT molecular complexity index is 3430. The van der Waals surface area contributed by atoms with Crippen molar-refractivity contribution in [3.05, 3.63) is 182 Å². The van der Waals surface area contributed by atoms with Gasteiger partial charge in [0, 0.05) is 45.7 Å². The molecule has 0 nitrogen and oxygen atoms in total. The number of fused-ring (bicyclic) bond motifs is 13. The lowest BCUT2D eigenvalue weighted by molar-refractivity contribution is 1.66. The first-order valence-electron chi connectivity index (χ1n) is 18.5. The Morgan fingerprint density at radius 3 is 1.44 bits per heavy atom. The molecule has 0 aliphatic heterocycles. The summed E-state index contributed by atoms with van der Waals surface area (Å²) in [5.41, 5.74) is 7.59. The molecule has 0 bridgehead atoms. The Labute approximate surface area is 319 Å². The van der Waals surface area contributed by atoms with E-state index in [1.54, 1.807) is 0 Å². The summed E-state index contributed by atoms with van der Waals surface area (Å²) in [7, 11) is 0. The average Bonchev–Trinajstić information content (AvgIpc) is 3.82. The molecule has 0 unspecified atom stereocenters. The summed E-state index contributed by atoms with van der Waals surface area (Å²) in [6.45, 7) is 0. The summed E-state index contributed by atoms with van der Waals surface area (Å²) in [5.74, 6) is 0. The van der Waals surface area contributed by atoms with Gasteiger partial charge < -0.3 is 0 Å². The maximum absolute atomic E-state index is 2.41. The van der Waals surface area contributed by atoms with Crippen LogP contribution in [0.2, 0.25) is 0 Å². The highest BCUT2D eigenvalue weighted by Crippen LogP contribution is 2.50. The molecule has 0 aliphatic rings. The van der Waals surface area contributed by atoms with E-state index >= 15 is 0 Å². The fourth-order valence-corrected chi connectivity index (χ4v) is 11.7. The third-order valence-electron chi connectivity index (χ3n) is 11.4. The van der Waals surface area contributed by atoms with Gasteiger partial charge in [0.05, 0.1) is 0 Å². The van der Waals surface area contributed by atoms with Gasteiger partial charge in [0.2, 0.25) is 0 Å². The van der Waals surface area contributed by atoms with Gasteiger partial charge in [-0.3, -0.25) is 0 Å². The largest absolute Gasteiger partial charge is 0.134 e. The van der Waals surface area contributed by atoms with E-state index < -0.39 is 0 Å². The van der Waals surface area contributed by atoms with Crippen molar-refractivity contribution in [3.8, 4) is 33.4 Å². The van der Waals surface area contributed by atoms with E-state index in [1.807, 2.05) is 22.7 Å². The van der Waals surface area contributed by atoms with Crippen molar-refractivity contribution in [2.24, 2.45) is 0 Å². The summed E-state index contributed by atoms with van der Waals surface area (Å²) < 4.78 is 5.48. The zero-order valence-corrected chi connectivity index (χ0v) is 30.8. The lowest BCUT2D eigenvalue weighted by Gasteiger charge is -2.18. The van der Waals surface area contributed by atoms with Crippen molar-refractivity contribution in [2.45, 2.75) is 0 Å². The molecule has 54 heavy (non-hydrogen) atoms. The van der Waals surface area contributed by atoms with Gasteiger partial charge in [0.1, 0.15) is 0 Å². The molecule has 2 heteroatoms. The summed E-state index contributed by atoms with van der Waals surface area (Å²) in [4.78, 5) is 0. The minimum absolute atomic E-state index is 1.24. The van der Waals surface area contributed by atoms with Gasteiger partial charge in [-0.05, 0) is 95.3 Å². The SMILES string of the molecule is c1ccc(-c2c3ccccc3c(-c3ccc4cc(-c5ccc6c(c5)sc5c7ccccc7c7c8ccccc8sc7c65)ccc4c3)c3ccccc23)cc1. The second-order valence-electron chi connectivity index (χ2n) is 14.3. The zero-order valence-electron chi connectivity index (χ0n) is 29.1. The van der Waals surface area contributed by atoms with Crippen molar-refractivity contribution in [1.82, 2.24) is 0 Å². The molecule has 0 spiro atoms. The van der Waals surface area contributed by atoms with E-state index in [1.165, 1.54) is 117 Å². The summed E-state index contributed by atoms with van der Waals surface area (Å²) in [6, 6.07) is 67.6. The van der Waals surface area contributed by atoms with Gasteiger partial charge in [-0.1, -0.05) is 158 Å². The quantitative estimate of drug-likeness (QED) is 0.160. The Morgan fingerprint density at radius 2 is 0.741 bits per heavy atom. The van der Waals surface area contributed by atoms with Crippen molar-refractivity contribution in [1.29, 1.82) is 0 Å². The molecule has 2 aromatic heterocycles. The molecule has 12 rings (SSSR count). The van der Waals surface area contributed by atoms with Crippen molar-refractivity contribution in [2.75, 3.05) is 0 Å². The standard InChI is InChI=1S/C52H30S2/c1-2-12-31(13-3-1)47-37-14-4-6-16-39(37)48(40-17-7-5-15-38(40)47)36-25-24-32-28-33(22-23-34(32)29-36)35-26-27-44-46(30-35)54-51-42-19-9-8-18-41(42)49-43-20-10-11-21-45(43)53-52(49)50(44)51/h1-30H. The van der Waals surface area contributed by atoms with Gasteiger partial charge in [-0.2, -0.15) is 0 Å². The topological polar surface area (TPSA) is 0 Å². The molecule has 0 radical (unpaired) electrons. The van der Waals surface area contributed by atoms with Crippen LogP contribution in [0.3, 0.4) is 0 Å². The molecule has 0 saturated heterocycles. The van der Waals surface area contributed by atoms with Gasteiger partial charge >= 0.3 is 0 Å². The molecule has 10 aromatic carbocycles. The first-order valence-corrected chi connectivity index (χ1v) is 20.1. The Kier molecular flexibility index (Phi) is 6.48. The van der Waals surface area contributed by atoms with Crippen LogP contribution < -0.4 is 0 Å². The monoisotopic (exact) mass is 718 g/mol. The molecule has 2 heterocycles. The zero-order chi connectivity index (χ0) is 35.3. The van der Waals surface area contributed by atoms with Crippen LogP contribution in [-0.2, 0) is 0 Å². The molecule has 0 aliphatic carbocycles. The van der Waals surface area contributed by atoms with Gasteiger partial charge in [0.15, 0.2) is 0 Å². The number of benzene rings is 10. The van der Waals surface area contributed by atoms with E-state index in [-0.39, 0.29) is 0 Å². The molecular formula is C52H30S2. The van der Waals surface area contributed by atoms with Crippen LogP contribution in [0.4, 0.5) is 0 Å². The highest BCUT2D eigenvalue weighted by Gasteiger charge is 2.19. The van der Waals surface area contributed by atoms with Crippen molar-refractivity contribution >= 4 is 106 Å². The van der Waals surface area contributed by atoms with E-state index in [9.17, 15) is 0 Å². The minimum atomic E-state index is 1.24. The third-order valence-corrected chi connectivity index (χ3v) is 13.8. The smallest absolute Gasteiger partial charge is 0.0455 e. The molecule has 12 aromatic rings. The Hall–Kier alpha value is -6.32. The third kappa shape index (κ3) is 4.36. The normalized spacial score (nSPS) is 12.1. The predicted octanol–water partition coefficient (Wildman–Crippen LogP) is 16.0. The average molecular weight is 719 g/mol. The Balaban J connectivity index is 1.01. The van der Waals surface area contributed by atoms with Gasteiger partial charge in [-0.15, -0.1) is 22.7 Å². The van der Waals surface area contributed by atoms with Crippen molar-refractivity contribution in [3.63, 3.8) is 0 Å². The van der Waals surface area contributed by atoms with Crippen LogP contribution in [0, 0.1) is 0 Å². The van der Waals surface area contributed by atoms with E-state index in [4.69, 9.17) is 0 Å². The molecular weight excluding hydrogens is 689 g/mol. The minimum Gasteiger partial charge on any atom is -0.134 e. The molecule has 0 fully saturated rings. The van der Waals surface area contributed by atoms with E-state index in [2.05, 4.69) is 182 Å². The van der Waals surface area contributed by atoms with E-state index in [0.717, 1.165) is 0 Å².